The maximum absolute atomic E-state index is 11.4. The number of ether oxygens (including phenoxy) is 1. The highest BCUT2D eigenvalue weighted by Gasteiger charge is 2.29. The van der Waals surface area contributed by atoms with Crippen LogP contribution >= 0.6 is 11.3 Å². The van der Waals surface area contributed by atoms with Gasteiger partial charge in [-0.2, -0.15) is 5.10 Å². The van der Waals surface area contributed by atoms with Gasteiger partial charge < -0.3 is 15.2 Å². The van der Waals surface area contributed by atoms with E-state index >= 15 is 0 Å². The van der Waals surface area contributed by atoms with Crippen molar-refractivity contribution in [3.8, 4) is 5.75 Å². The minimum Gasteiger partial charge on any atom is -0.492 e. The van der Waals surface area contributed by atoms with Crippen LogP contribution in [-0.2, 0) is 17.6 Å². The van der Waals surface area contributed by atoms with Crippen LogP contribution in [0, 0.1) is 5.92 Å². The number of aliphatic carboxylic acids is 1. The smallest absolute Gasteiger partial charge is 0.306 e. The van der Waals surface area contributed by atoms with Crippen LogP contribution in [0.2, 0.25) is 0 Å². The number of H-pyrrole nitrogens is 1. The molecule has 1 unspecified atom stereocenters. The molecule has 0 amide bonds. The van der Waals surface area contributed by atoms with Gasteiger partial charge >= 0.3 is 5.97 Å². The molecule has 5 rings (SSSR count). The Morgan fingerprint density at radius 3 is 3.14 bits per heavy atom. The molecule has 0 spiro atoms. The molecule has 1 aliphatic rings. The fourth-order valence-corrected chi connectivity index (χ4v) is 5.15. The SMILES string of the molecule is CCOc1cc2[nH]ncc2cc1Nc1ncnc2sc3c(c12)CCC(C(=O)O)C3. The van der Waals surface area contributed by atoms with Crippen molar-refractivity contribution in [1.29, 1.82) is 0 Å². The average molecular weight is 409 g/mol. The average Bonchev–Trinajstić information content (AvgIpc) is 3.31. The van der Waals surface area contributed by atoms with Crippen LogP contribution < -0.4 is 10.1 Å². The van der Waals surface area contributed by atoms with E-state index in [4.69, 9.17) is 4.74 Å². The molecular weight excluding hydrogens is 390 g/mol. The van der Waals surface area contributed by atoms with Gasteiger partial charge in [-0.25, -0.2) is 9.97 Å². The molecule has 0 radical (unpaired) electrons. The van der Waals surface area contributed by atoms with Gasteiger partial charge in [0.1, 0.15) is 22.7 Å². The minimum absolute atomic E-state index is 0.326. The molecule has 1 aromatic carbocycles. The number of fused-ring (bicyclic) bond motifs is 4. The first-order valence-corrected chi connectivity index (χ1v) is 10.3. The molecule has 0 bridgehead atoms. The molecule has 29 heavy (non-hydrogen) atoms. The Labute approximate surface area is 169 Å². The Morgan fingerprint density at radius 1 is 1.41 bits per heavy atom. The summed E-state index contributed by atoms with van der Waals surface area (Å²) in [5, 5.41) is 21.8. The zero-order valence-corrected chi connectivity index (χ0v) is 16.5. The monoisotopic (exact) mass is 409 g/mol. The van der Waals surface area contributed by atoms with Crippen molar-refractivity contribution in [2.45, 2.75) is 26.2 Å². The molecule has 0 fully saturated rings. The van der Waals surface area contributed by atoms with Crippen molar-refractivity contribution in [2.75, 3.05) is 11.9 Å². The van der Waals surface area contributed by atoms with Gasteiger partial charge in [0.05, 0.1) is 35.3 Å². The van der Waals surface area contributed by atoms with E-state index in [0.29, 0.717) is 37.4 Å². The summed E-state index contributed by atoms with van der Waals surface area (Å²) in [6.45, 7) is 2.48. The number of carbonyl (C=O) groups is 1. The zero-order chi connectivity index (χ0) is 20.0. The van der Waals surface area contributed by atoms with Gasteiger partial charge in [-0.15, -0.1) is 11.3 Å². The summed E-state index contributed by atoms with van der Waals surface area (Å²) in [6, 6.07) is 3.91. The van der Waals surface area contributed by atoms with E-state index in [-0.39, 0.29) is 5.92 Å². The number of nitrogens with zero attached hydrogens (tertiary/aromatic N) is 3. The summed E-state index contributed by atoms with van der Waals surface area (Å²) in [7, 11) is 0. The quantitative estimate of drug-likeness (QED) is 0.458. The van der Waals surface area contributed by atoms with E-state index in [0.717, 1.165) is 37.2 Å². The number of carboxylic acid groups (broad SMARTS) is 1. The van der Waals surface area contributed by atoms with Crippen LogP contribution in [-0.4, -0.2) is 37.8 Å². The second-order valence-corrected chi connectivity index (χ2v) is 8.13. The normalized spacial score (nSPS) is 16.1. The van der Waals surface area contributed by atoms with Crippen LogP contribution in [0.25, 0.3) is 21.1 Å². The molecule has 0 aliphatic heterocycles. The summed E-state index contributed by atoms with van der Waals surface area (Å²) in [4.78, 5) is 22.3. The Kier molecular flexibility index (Phi) is 4.31. The van der Waals surface area contributed by atoms with Gasteiger partial charge in [0.25, 0.3) is 0 Å². The number of nitrogens with one attached hydrogen (secondary N) is 2. The van der Waals surface area contributed by atoms with E-state index in [1.165, 1.54) is 6.33 Å². The number of aryl methyl sites for hydroxylation is 1. The van der Waals surface area contributed by atoms with Gasteiger partial charge in [0.15, 0.2) is 0 Å². The number of anilines is 2. The van der Waals surface area contributed by atoms with Gasteiger partial charge in [0, 0.05) is 16.3 Å². The van der Waals surface area contributed by atoms with E-state index in [1.54, 1.807) is 17.5 Å². The van der Waals surface area contributed by atoms with Crippen LogP contribution in [0.5, 0.6) is 5.75 Å². The predicted octanol–water partition coefficient (Wildman–Crippen LogP) is 3.90. The first-order chi connectivity index (χ1) is 14.1. The molecule has 148 valence electrons. The number of hydrogen-bond donors (Lipinski definition) is 3. The molecule has 3 aromatic heterocycles. The summed E-state index contributed by atoms with van der Waals surface area (Å²) < 4.78 is 5.82. The molecule has 3 heterocycles. The molecule has 1 atom stereocenters. The largest absolute Gasteiger partial charge is 0.492 e. The van der Waals surface area contributed by atoms with E-state index in [9.17, 15) is 9.90 Å². The second-order valence-electron chi connectivity index (χ2n) is 7.05. The van der Waals surface area contributed by atoms with E-state index < -0.39 is 5.97 Å². The highest BCUT2D eigenvalue weighted by atomic mass is 32.1. The summed E-state index contributed by atoms with van der Waals surface area (Å²) in [6.07, 6.45) is 5.21. The number of benzene rings is 1. The molecule has 0 saturated heterocycles. The number of rotatable bonds is 5. The van der Waals surface area contributed by atoms with E-state index in [2.05, 4.69) is 25.5 Å². The van der Waals surface area contributed by atoms with Gasteiger partial charge in [-0.1, -0.05) is 0 Å². The van der Waals surface area contributed by atoms with Crippen molar-refractivity contribution in [1.82, 2.24) is 20.2 Å². The van der Waals surface area contributed by atoms with Gasteiger partial charge in [-0.05, 0) is 37.8 Å². The third-order valence-corrected chi connectivity index (χ3v) is 6.45. The lowest BCUT2D eigenvalue weighted by atomic mass is 9.88. The highest BCUT2D eigenvalue weighted by molar-refractivity contribution is 7.19. The van der Waals surface area contributed by atoms with Crippen molar-refractivity contribution in [2.24, 2.45) is 5.92 Å². The van der Waals surface area contributed by atoms with Crippen molar-refractivity contribution >= 4 is 49.9 Å². The zero-order valence-electron chi connectivity index (χ0n) is 15.7. The summed E-state index contributed by atoms with van der Waals surface area (Å²) in [5.41, 5.74) is 2.87. The standard InChI is InChI=1S/C20H19N5O3S/c1-2-28-15-7-13-11(8-23-25-13)5-14(15)24-18-17-12-4-3-10(20(26)27)6-16(12)29-19(17)22-9-21-18/h5,7-10H,2-4,6H2,1H3,(H,23,25)(H,26,27)(H,21,22,24). The number of aromatic nitrogens is 4. The van der Waals surface area contributed by atoms with Crippen LogP contribution in [0.3, 0.4) is 0 Å². The molecule has 0 saturated carbocycles. The molecule has 8 nitrogen and oxygen atoms in total. The summed E-state index contributed by atoms with van der Waals surface area (Å²) in [5.74, 6) is 0.372. The van der Waals surface area contributed by atoms with Gasteiger partial charge in [0.2, 0.25) is 0 Å². The lowest BCUT2D eigenvalue weighted by molar-refractivity contribution is -0.142. The van der Waals surface area contributed by atoms with Crippen LogP contribution in [0.15, 0.2) is 24.7 Å². The fraction of sp³-hybridized carbons (Fsp3) is 0.300. The minimum atomic E-state index is -0.729. The Hall–Kier alpha value is -3.20. The number of hydrogen-bond acceptors (Lipinski definition) is 7. The Bertz CT molecular complexity index is 1230. The van der Waals surface area contributed by atoms with E-state index in [1.807, 2.05) is 19.1 Å². The van der Waals surface area contributed by atoms with Crippen LogP contribution in [0.1, 0.15) is 23.8 Å². The Morgan fingerprint density at radius 2 is 2.31 bits per heavy atom. The molecule has 4 aromatic rings. The number of aromatic amines is 1. The predicted molar refractivity (Wildman–Crippen MR) is 111 cm³/mol. The van der Waals surface area contributed by atoms with Crippen molar-refractivity contribution in [3.05, 3.63) is 35.1 Å². The molecule has 9 heteroatoms. The maximum Gasteiger partial charge on any atom is 0.306 e. The summed E-state index contributed by atoms with van der Waals surface area (Å²) >= 11 is 1.56. The maximum atomic E-state index is 11.4. The number of thiophene rings is 1. The lowest BCUT2D eigenvalue weighted by Gasteiger charge is -2.19. The second kappa shape index (κ2) is 7.00. The molecule has 1 aliphatic carbocycles. The third kappa shape index (κ3) is 3.07. The molecular formula is C20H19N5O3S. The first-order valence-electron chi connectivity index (χ1n) is 9.49. The topological polar surface area (TPSA) is 113 Å². The van der Waals surface area contributed by atoms with Crippen molar-refractivity contribution in [3.63, 3.8) is 0 Å². The van der Waals surface area contributed by atoms with Crippen molar-refractivity contribution < 1.29 is 14.6 Å². The fourth-order valence-electron chi connectivity index (χ4n) is 3.89. The van der Waals surface area contributed by atoms with Gasteiger partial charge in [-0.3, -0.25) is 9.89 Å². The lowest BCUT2D eigenvalue weighted by Crippen LogP contribution is -2.21. The van der Waals surface area contributed by atoms with Crippen LogP contribution in [0.4, 0.5) is 11.5 Å². The highest BCUT2D eigenvalue weighted by Crippen LogP contribution is 2.41. The Balaban J connectivity index is 1.59. The number of carboxylic acids is 1. The first kappa shape index (κ1) is 17.9. The third-order valence-electron chi connectivity index (χ3n) is 5.29. The molecule has 3 N–H and O–H groups in total.